The van der Waals surface area contributed by atoms with Crippen molar-refractivity contribution in [2.75, 3.05) is 0 Å². The summed E-state index contributed by atoms with van der Waals surface area (Å²) in [7, 11) is 0. The van der Waals surface area contributed by atoms with Crippen LogP contribution in [-0.2, 0) is 4.79 Å². The molecule has 2 nitrogen and oxygen atoms in total. The van der Waals surface area contributed by atoms with Crippen LogP contribution in [0.5, 0.6) is 0 Å². The van der Waals surface area contributed by atoms with Gasteiger partial charge in [0.2, 0.25) is 6.41 Å². The summed E-state index contributed by atoms with van der Waals surface area (Å²) in [5.74, 6) is 0. The maximum Gasteiger partial charge on any atom is 0.207 e. The second kappa shape index (κ2) is 6.08. The van der Waals surface area contributed by atoms with E-state index in [0.29, 0.717) is 0 Å². The number of hydrogen-bond acceptors (Lipinski definition) is 1. The van der Waals surface area contributed by atoms with E-state index >= 15 is 0 Å². The van der Waals surface area contributed by atoms with Gasteiger partial charge in [0.25, 0.3) is 0 Å². The number of hydrogen-bond donors (Lipinski definition) is 1. The van der Waals surface area contributed by atoms with Gasteiger partial charge in [0.1, 0.15) is 0 Å². The summed E-state index contributed by atoms with van der Waals surface area (Å²) in [4.78, 5) is 10.00. The summed E-state index contributed by atoms with van der Waals surface area (Å²) in [5, 5.41) is 2.62. The fraction of sp³-hybridized carbons (Fsp3) is 0.833. The molecule has 0 rings (SSSR count). The summed E-state index contributed by atoms with van der Waals surface area (Å²) in [6, 6.07) is 0. The van der Waals surface area contributed by atoms with Crippen LogP contribution in [0.2, 0.25) is 0 Å². The molecular formula is C6H12BrNO. The smallest absolute Gasteiger partial charge is 0.207 e. The normalized spacial score (nSPS) is 12.7. The van der Waals surface area contributed by atoms with E-state index < -0.39 is 0 Å². The van der Waals surface area contributed by atoms with Gasteiger partial charge in [-0.1, -0.05) is 35.7 Å². The predicted molar refractivity (Wildman–Crippen MR) is 41.4 cm³/mol. The van der Waals surface area contributed by atoms with Gasteiger partial charge in [0, 0.05) is 0 Å². The molecule has 3 heteroatoms. The van der Waals surface area contributed by atoms with Crippen molar-refractivity contribution in [1.82, 2.24) is 5.32 Å². The molecule has 1 N–H and O–H groups in total. The Morgan fingerprint density at radius 3 is 2.89 bits per heavy atom. The Hall–Kier alpha value is -0.0500. The molecule has 0 saturated heterocycles. The first-order chi connectivity index (χ1) is 4.31. The van der Waals surface area contributed by atoms with Crippen LogP contribution in [0.1, 0.15) is 26.2 Å². The Morgan fingerprint density at radius 2 is 2.44 bits per heavy atom. The highest BCUT2D eigenvalue weighted by molar-refractivity contribution is 9.09. The molecule has 0 aliphatic rings. The van der Waals surface area contributed by atoms with Crippen LogP contribution < -0.4 is 5.32 Å². The average Bonchev–Trinajstić information content (AvgIpc) is 1.85. The van der Waals surface area contributed by atoms with Gasteiger partial charge in [-0.3, -0.25) is 4.79 Å². The number of halogens is 1. The third-order valence-electron chi connectivity index (χ3n) is 1.06. The van der Waals surface area contributed by atoms with Crippen molar-refractivity contribution in [2.45, 2.75) is 31.1 Å². The Labute approximate surface area is 64.1 Å². The second-order valence-electron chi connectivity index (χ2n) is 1.89. The number of carbonyl (C=O) groups excluding carboxylic acids is 1. The first-order valence-electron chi connectivity index (χ1n) is 3.15. The van der Waals surface area contributed by atoms with Crippen LogP contribution in [0.15, 0.2) is 0 Å². The van der Waals surface area contributed by atoms with E-state index in [1.165, 1.54) is 6.42 Å². The molecule has 0 saturated carbocycles. The maximum atomic E-state index is 9.84. The van der Waals surface area contributed by atoms with Crippen molar-refractivity contribution in [1.29, 1.82) is 0 Å². The summed E-state index contributed by atoms with van der Waals surface area (Å²) >= 11 is 3.30. The monoisotopic (exact) mass is 193 g/mol. The molecule has 0 spiro atoms. The SMILES string of the molecule is CCCCC(Br)NC=O. The number of amides is 1. The molecule has 54 valence electrons. The van der Waals surface area contributed by atoms with Crippen LogP contribution in [0.4, 0.5) is 0 Å². The molecular weight excluding hydrogens is 182 g/mol. The lowest BCUT2D eigenvalue weighted by Crippen LogP contribution is -2.20. The summed E-state index contributed by atoms with van der Waals surface area (Å²) in [6.07, 6.45) is 4.05. The highest BCUT2D eigenvalue weighted by atomic mass is 79.9. The summed E-state index contributed by atoms with van der Waals surface area (Å²) in [6.45, 7) is 2.13. The van der Waals surface area contributed by atoms with Gasteiger partial charge in [-0.15, -0.1) is 0 Å². The molecule has 0 aromatic heterocycles. The molecule has 0 bridgehead atoms. The first-order valence-corrected chi connectivity index (χ1v) is 4.06. The fourth-order valence-electron chi connectivity index (χ4n) is 0.541. The van der Waals surface area contributed by atoms with Crippen LogP contribution in [0, 0.1) is 0 Å². The summed E-state index contributed by atoms with van der Waals surface area (Å²) < 4.78 is 0. The minimum Gasteiger partial charge on any atom is -0.346 e. The second-order valence-corrected chi connectivity index (χ2v) is 3.00. The van der Waals surface area contributed by atoms with Gasteiger partial charge >= 0.3 is 0 Å². The van der Waals surface area contributed by atoms with Gasteiger partial charge in [0.05, 0.1) is 4.95 Å². The van der Waals surface area contributed by atoms with Crippen LogP contribution in [-0.4, -0.2) is 11.4 Å². The van der Waals surface area contributed by atoms with E-state index in [1.807, 2.05) is 0 Å². The highest BCUT2D eigenvalue weighted by Crippen LogP contribution is 2.04. The van der Waals surface area contributed by atoms with Crippen molar-refractivity contribution in [3.8, 4) is 0 Å². The minimum absolute atomic E-state index is 0.162. The number of rotatable bonds is 5. The molecule has 0 aliphatic carbocycles. The molecule has 1 amide bonds. The first kappa shape index (κ1) is 8.95. The number of unbranched alkanes of at least 4 members (excludes halogenated alkanes) is 1. The van der Waals surface area contributed by atoms with Crippen molar-refractivity contribution in [3.63, 3.8) is 0 Å². The number of nitrogens with one attached hydrogen (secondary N) is 1. The van der Waals surface area contributed by atoms with Gasteiger partial charge in [-0.25, -0.2) is 0 Å². The third kappa shape index (κ3) is 5.83. The Balaban J connectivity index is 3.04. The molecule has 1 atom stereocenters. The third-order valence-corrected chi connectivity index (χ3v) is 1.78. The molecule has 0 heterocycles. The Bertz CT molecular complexity index is 77.5. The molecule has 0 radical (unpaired) electrons. The minimum atomic E-state index is 0.162. The van der Waals surface area contributed by atoms with Crippen molar-refractivity contribution in [3.05, 3.63) is 0 Å². The Kier molecular flexibility index (Phi) is 6.04. The average molecular weight is 194 g/mol. The Morgan fingerprint density at radius 1 is 1.78 bits per heavy atom. The van der Waals surface area contributed by atoms with E-state index in [9.17, 15) is 4.79 Å². The lowest BCUT2D eigenvalue weighted by Gasteiger charge is -2.05. The van der Waals surface area contributed by atoms with E-state index in [4.69, 9.17) is 0 Å². The topological polar surface area (TPSA) is 29.1 Å². The maximum absolute atomic E-state index is 9.84. The molecule has 0 fully saturated rings. The zero-order chi connectivity index (χ0) is 7.11. The van der Waals surface area contributed by atoms with Crippen molar-refractivity contribution >= 4 is 22.3 Å². The van der Waals surface area contributed by atoms with Crippen LogP contribution in [0.3, 0.4) is 0 Å². The number of carbonyl (C=O) groups is 1. The lowest BCUT2D eigenvalue weighted by molar-refractivity contribution is -0.109. The zero-order valence-electron chi connectivity index (χ0n) is 5.56. The molecule has 9 heavy (non-hydrogen) atoms. The van der Waals surface area contributed by atoms with Crippen LogP contribution in [0.25, 0.3) is 0 Å². The molecule has 1 unspecified atom stereocenters. The van der Waals surface area contributed by atoms with Crippen LogP contribution >= 0.6 is 15.9 Å². The quantitative estimate of drug-likeness (QED) is 0.402. The zero-order valence-corrected chi connectivity index (χ0v) is 7.15. The van der Waals surface area contributed by atoms with Gasteiger partial charge in [-0.05, 0) is 6.42 Å². The van der Waals surface area contributed by atoms with Gasteiger partial charge < -0.3 is 5.32 Å². The van der Waals surface area contributed by atoms with E-state index in [2.05, 4.69) is 28.2 Å². The molecule has 0 aliphatic heterocycles. The van der Waals surface area contributed by atoms with Gasteiger partial charge in [-0.2, -0.15) is 0 Å². The largest absolute Gasteiger partial charge is 0.346 e. The van der Waals surface area contributed by atoms with Crippen molar-refractivity contribution in [2.24, 2.45) is 0 Å². The van der Waals surface area contributed by atoms with Crippen molar-refractivity contribution < 1.29 is 4.79 Å². The standard InChI is InChI=1S/C6H12BrNO/c1-2-3-4-6(7)8-5-9/h5-6H,2-4H2,1H3,(H,8,9). The highest BCUT2D eigenvalue weighted by Gasteiger charge is 1.97. The van der Waals surface area contributed by atoms with E-state index in [0.717, 1.165) is 19.3 Å². The summed E-state index contributed by atoms with van der Waals surface area (Å²) in [5.41, 5.74) is 0. The lowest BCUT2D eigenvalue weighted by atomic mass is 10.2. The molecule has 0 aromatic rings. The van der Waals surface area contributed by atoms with E-state index in [-0.39, 0.29) is 4.95 Å². The predicted octanol–water partition coefficient (Wildman–Crippen LogP) is 1.64. The molecule has 0 aromatic carbocycles. The fourth-order valence-corrected chi connectivity index (χ4v) is 0.972. The number of alkyl halides is 1. The van der Waals surface area contributed by atoms with E-state index in [1.54, 1.807) is 0 Å². The van der Waals surface area contributed by atoms with Gasteiger partial charge in [0.15, 0.2) is 0 Å².